The van der Waals surface area contributed by atoms with Crippen molar-refractivity contribution < 1.29 is 0 Å². The maximum Gasteiger partial charge on any atom is 0.0440 e. The van der Waals surface area contributed by atoms with E-state index < -0.39 is 0 Å². The zero-order chi connectivity index (χ0) is 8.55. The monoisotopic (exact) mass is 217 g/mol. The molecule has 0 fully saturated rings. The Morgan fingerprint density at radius 1 is 1.38 bits per heavy atom. The molecule has 0 bridgehead atoms. The standard InChI is InChI=1S/C10H12ClN.ClH/c11-10-3-1-2-7-6-8(12)4-5-9(7)10;/h1-3,8H,4-6,12H2;1H. The van der Waals surface area contributed by atoms with Crippen molar-refractivity contribution in [3.05, 3.63) is 34.3 Å². The zero-order valence-electron chi connectivity index (χ0n) is 7.29. The molecule has 1 unspecified atom stereocenters. The van der Waals surface area contributed by atoms with E-state index in [1.54, 1.807) is 0 Å². The van der Waals surface area contributed by atoms with Gasteiger partial charge in [0, 0.05) is 11.1 Å². The predicted octanol–water partition coefficient (Wildman–Crippen LogP) is 2.58. The van der Waals surface area contributed by atoms with E-state index in [2.05, 4.69) is 6.07 Å². The van der Waals surface area contributed by atoms with Gasteiger partial charge in [-0.25, -0.2) is 0 Å². The van der Waals surface area contributed by atoms with Gasteiger partial charge in [0.2, 0.25) is 0 Å². The second-order valence-electron chi connectivity index (χ2n) is 3.38. The van der Waals surface area contributed by atoms with Crippen LogP contribution in [0, 0.1) is 0 Å². The van der Waals surface area contributed by atoms with Crippen molar-refractivity contribution in [1.29, 1.82) is 0 Å². The van der Waals surface area contributed by atoms with E-state index in [9.17, 15) is 0 Å². The fourth-order valence-corrected chi connectivity index (χ4v) is 2.08. The Morgan fingerprint density at radius 2 is 2.15 bits per heavy atom. The smallest absolute Gasteiger partial charge is 0.0440 e. The van der Waals surface area contributed by atoms with Gasteiger partial charge in [0.1, 0.15) is 0 Å². The maximum absolute atomic E-state index is 6.05. The Bertz CT molecular complexity index is 299. The summed E-state index contributed by atoms with van der Waals surface area (Å²) < 4.78 is 0. The van der Waals surface area contributed by atoms with Crippen molar-refractivity contribution in [3.63, 3.8) is 0 Å². The Hall–Kier alpha value is -0.240. The molecule has 1 atom stereocenters. The lowest BCUT2D eigenvalue weighted by Gasteiger charge is -2.21. The summed E-state index contributed by atoms with van der Waals surface area (Å²) in [5.74, 6) is 0. The quantitative estimate of drug-likeness (QED) is 0.711. The molecule has 0 aromatic heterocycles. The lowest BCUT2D eigenvalue weighted by Crippen LogP contribution is -2.27. The molecule has 0 heterocycles. The largest absolute Gasteiger partial charge is 0.327 e. The van der Waals surface area contributed by atoms with Gasteiger partial charge in [-0.15, -0.1) is 12.4 Å². The highest BCUT2D eigenvalue weighted by atomic mass is 35.5. The van der Waals surface area contributed by atoms with Crippen LogP contribution < -0.4 is 5.73 Å². The van der Waals surface area contributed by atoms with Crippen LogP contribution in [0.3, 0.4) is 0 Å². The van der Waals surface area contributed by atoms with Crippen LogP contribution in [0.1, 0.15) is 17.5 Å². The van der Waals surface area contributed by atoms with E-state index >= 15 is 0 Å². The van der Waals surface area contributed by atoms with Gasteiger partial charge >= 0.3 is 0 Å². The van der Waals surface area contributed by atoms with Crippen molar-refractivity contribution in [2.75, 3.05) is 0 Å². The summed E-state index contributed by atoms with van der Waals surface area (Å²) in [4.78, 5) is 0. The van der Waals surface area contributed by atoms with E-state index in [0.29, 0.717) is 6.04 Å². The third-order valence-electron chi connectivity index (χ3n) is 2.46. The number of nitrogens with two attached hydrogens (primary N) is 1. The zero-order valence-corrected chi connectivity index (χ0v) is 8.87. The fraction of sp³-hybridized carbons (Fsp3) is 0.400. The van der Waals surface area contributed by atoms with Crippen LogP contribution in [0.5, 0.6) is 0 Å². The number of halogens is 2. The van der Waals surface area contributed by atoms with Crippen LogP contribution in [0.4, 0.5) is 0 Å². The summed E-state index contributed by atoms with van der Waals surface area (Å²) >= 11 is 6.05. The third kappa shape index (κ3) is 2.16. The van der Waals surface area contributed by atoms with Gasteiger partial charge in [0.05, 0.1) is 0 Å². The van der Waals surface area contributed by atoms with Crippen LogP contribution in [-0.2, 0) is 12.8 Å². The molecule has 0 aliphatic heterocycles. The Balaban J connectivity index is 0.000000845. The van der Waals surface area contributed by atoms with Crippen molar-refractivity contribution >= 4 is 24.0 Å². The fourth-order valence-electron chi connectivity index (χ4n) is 1.79. The molecule has 3 heteroatoms. The van der Waals surface area contributed by atoms with E-state index in [0.717, 1.165) is 24.3 Å². The minimum absolute atomic E-state index is 0. The summed E-state index contributed by atoms with van der Waals surface area (Å²) in [6.45, 7) is 0. The SMILES string of the molecule is Cl.NC1CCc2c(Cl)cccc2C1. The molecule has 0 saturated heterocycles. The highest BCUT2D eigenvalue weighted by Crippen LogP contribution is 2.26. The highest BCUT2D eigenvalue weighted by molar-refractivity contribution is 6.31. The summed E-state index contributed by atoms with van der Waals surface area (Å²) in [6.07, 6.45) is 3.09. The highest BCUT2D eigenvalue weighted by Gasteiger charge is 2.16. The number of rotatable bonds is 0. The van der Waals surface area contributed by atoms with E-state index in [4.69, 9.17) is 17.3 Å². The van der Waals surface area contributed by atoms with Crippen LogP contribution in [0.15, 0.2) is 18.2 Å². The predicted molar refractivity (Wildman–Crippen MR) is 58.7 cm³/mol. The first-order chi connectivity index (χ1) is 5.77. The molecule has 1 nitrogen and oxygen atoms in total. The lowest BCUT2D eigenvalue weighted by atomic mass is 9.89. The molecule has 0 saturated carbocycles. The molecule has 1 aromatic carbocycles. The van der Waals surface area contributed by atoms with Gasteiger partial charge in [0.25, 0.3) is 0 Å². The van der Waals surface area contributed by atoms with E-state index in [-0.39, 0.29) is 12.4 Å². The van der Waals surface area contributed by atoms with Gasteiger partial charge in [-0.2, -0.15) is 0 Å². The van der Waals surface area contributed by atoms with E-state index in [1.807, 2.05) is 12.1 Å². The minimum atomic E-state index is 0. The van der Waals surface area contributed by atoms with Crippen molar-refractivity contribution in [3.8, 4) is 0 Å². The molecule has 72 valence electrons. The molecular weight excluding hydrogens is 205 g/mol. The Morgan fingerprint density at radius 3 is 2.92 bits per heavy atom. The summed E-state index contributed by atoms with van der Waals surface area (Å²) in [6, 6.07) is 6.41. The second kappa shape index (κ2) is 4.32. The molecule has 0 amide bonds. The van der Waals surface area contributed by atoms with Gasteiger partial charge in [0.15, 0.2) is 0 Å². The third-order valence-corrected chi connectivity index (χ3v) is 2.82. The van der Waals surface area contributed by atoms with Gasteiger partial charge in [-0.1, -0.05) is 23.7 Å². The molecule has 1 aliphatic carbocycles. The van der Waals surface area contributed by atoms with Crippen molar-refractivity contribution in [2.45, 2.75) is 25.3 Å². The summed E-state index contributed by atoms with van der Waals surface area (Å²) in [5.41, 5.74) is 8.50. The Kier molecular flexibility index (Phi) is 3.60. The Labute approximate surface area is 89.7 Å². The van der Waals surface area contributed by atoms with Crippen LogP contribution in [0.25, 0.3) is 0 Å². The summed E-state index contributed by atoms with van der Waals surface area (Å²) in [7, 11) is 0. The topological polar surface area (TPSA) is 26.0 Å². The lowest BCUT2D eigenvalue weighted by molar-refractivity contribution is 0.576. The first kappa shape index (κ1) is 10.8. The normalized spacial score (nSPS) is 20.3. The second-order valence-corrected chi connectivity index (χ2v) is 3.79. The number of fused-ring (bicyclic) bond motifs is 1. The maximum atomic E-state index is 6.05. The summed E-state index contributed by atoms with van der Waals surface area (Å²) in [5, 5.41) is 0.902. The minimum Gasteiger partial charge on any atom is -0.327 e. The van der Waals surface area contributed by atoms with Gasteiger partial charge in [-0.05, 0) is 36.5 Å². The molecule has 13 heavy (non-hydrogen) atoms. The number of hydrogen-bond donors (Lipinski definition) is 1. The molecule has 1 aliphatic rings. The number of hydrogen-bond acceptors (Lipinski definition) is 1. The van der Waals surface area contributed by atoms with Crippen molar-refractivity contribution in [2.24, 2.45) is 5.73 Å². The molecule has 1 aromatic rings. The van der Waals surface area contributed by atoms with Crippen molar-refractivity contribution in [1.82, 2.24) is 0 Å². The number of benzene rings is 1. The van der Waals surface area contributed by atoms with Crippen LogP contribution >= 0.6 is 24.0 Å². The molecule has 2 N–H and O–H groups in total. The molecule has 0 spiro atoms. The average molecular weight is 218 g/mol. The molecule has 2 rings (SSSR count). The van der Waals surface area contributed by atoms with Gasteiger partial charge in [-0.3, -0.25) is 0 Å². The molecule has 0 radical (unpaired) electrons. The van der Waals surface area contributed by atoms with E-state index in [1.165, 1.54) is 11.1 Å². The molecular formula is C10H13Cl2N. The average Bonchev–Trinajstić information content (AvgIpc) is 2.04. The first-order valence-corrected chi connectivity index (χ1v) is 4.67. The van der Waals surface area contributed by atoms with Crippen LogP contribution in [-0.4, -0.2) is 6.04 Å². The van der Waals surface area contributed by atoms with Gasteiger partial charge < -0.3 is 5.73 Å². The van der Waals surface area contributed by atoms with Crippen LogP contribution in [0.2, 0.25) is 5.02 Å². The first-order valence-electron chi connectivity index (χ1n) is 4.29.